The number of likely N-dealkylation sites (tertiary alicyclic amines) is 2. The molecule has 7 rings (SSSR count). The number of nitrogens with two attached hydrogens (primary N) is 1. The number of aliphatic hydroxyl groups excluding tert-OH is 1. The number of hydrogen-bond acceptors (Lipinski definition) is 8. The van der Waals surface area contributed by atoms with Gasteiger partial charge in [0.2, 0.25) is 11.8 Å². The molecule has 4 aromatic carbocycles. The van der Waals surface area contributed by atoms with Crippen molar-refractivity contribution in [3.63, 3.8) is 0 Å². The number of amides is 2. The number of ether oxygens (including phenoxy) is 2. The van der Waals surface area contributed by atoms with Crippen LogP contribution in [-0.2, 0) is 32.2 Å². The molecule has 4 aromatic rings. The molecule has 57 heavy (non-hydrogen) atoms. The first-order chi connectivity index (χ1) is 27.9. The molecule has 10 nitrogen and oxygen atoms in total. The van der Waals surface area contributed by atoms with Gasteiger partial charge < -0.3 is 35.8 Å². The molecule has 302 valence electrons. The molecule has 2 amide bonds. The summed E-state index contributed by atoms with van der Waals surface area (Å²) in [6.45, 7) is 6.09. The first-order valence-corrected chi connectivity index (χ1v) is 21.0. The lowest BCUT2D eigenvalue weighted by Crippen LogP contribution is -2.45. The Labute approximate surface area is 337 Å². The molecular weight excluding hydrogens is 715 g/mol. The third kappa shape index (κ3) is 11.5. The van der Waals surface area contributed by atoms with Crippen LogP contribution in [0.2, 0.25) is 0 Å². The van der Waals surface area contributed by atoms with Gasteiger partial charge in [-0.05, 0) is 104 Å². The molecule has 3 aliphatic heterocycles. The lowest BCUT2D eigenvalue weighted by atomic mass is 9.98. The Morgan fingerprint density at radius 2 is 1.49 bits per heavy atom. The van der Waals surface area contributed by atoms with Crippen LogP contribution in [0.5, 0.6) is 0 Å². The molecule has 3 heterocycles. The number of unbranched alkanes of at least 4 members (excludes halogenated alkanes) is 2. The van der Waals surface area contributed by atoms with Crippen molar-refractivity contribution in [3.05, 3.63) is 119 Å². The Balaban J connectivity index is 0.914. The summed E-state index contributed by atoms with van der Waals surface area (Å²) in [5.74, 6) is -0.0629. The van der Waals surface area contributed by atoms with Crippen LogP contribution in [0.15, 0.2) is 97.1 Å². The van der Waals surface area contributed by atoms with Gasteiger partial charge in [0, 0.05) is 50.5 Å². The Morgan fingerprint density at radius 3 is 2.26 bits per heavy atom. The number of para-hydroxylation sites is 2. The number of rotatable bonds is 17. The monoisotopic (exact) mass is 773 g/mol. The van der Waals surface area contributed by atoms with E-state index in [1.807, 2.05) is 36.4 Å². The quantitative estimate of drug-likeness (QED) is 0.0634. The molecule has 10 heteroatoms. The van der Waals surface area contributed by atoms with Crippen molar-refractivity contribution >= 4 is 23.2 Å². The van der Waals surface area contributed by atoms with E-state index in [-0.39, 0.29) is 30.6 Å². The second-order valence-electron chi connectivity index (χ2n) is 15.9. The molecule has 4 atom stereocenters. The van der Waals surface area contributed by atoms with E-state index >= 15 is 0 Å². The molecule has 0 radical (unpaired) electrons. The molecule has 3 fully saturated rings. The number of nitrogens with zero attached hydrogens (tertiary/aromatic N) is 2. The summed E-state index contributed by atoms with van der Waals surface area (Å²) in [6, 6.07) is 32.6. The maximum absolute atomic E-state index is 12.6. The van der Waals surface area contributed by atoms with Crippen LogP contribution in [0, 0.1) is 0 Å². The summed E-state index contributed by atoms with van der Waals surface area (Å²) < 4.78 is 13.5. The maximum atomic E-state index is 12.6. The molecule has 0 aromatic heterocycles. The molecular formula is C47H59N5O5. The second kappa shape index (κ2) is 20.2. The van der Waals surface area contributed by atoms with Crippen LogP contribution in [0.4, 0.5) is 11.4 Å². The molecule has 0 bridgehead atoms. The molecule has 0 unspecified atom stereocenters. The minimum Gasteiger partial charge on any atom is -0.397 e. The normalized spacial score (nSPS) is 21.4. The van der Waals surface area contributed by atoms with Gasteiger partial charge in [-0.2, -0.15) is 0 Å². The third-order valence-electron chi connectivity index (χ3n) is 11.7. The summed E-state index contributed by atoms with van der Waals surface area (Å²) in [6.07, 6.45) is 8.38. The number of nitrogen functional groups attached to an aromatic ring is 1. The zero-order valence-electron chi connectivity index (χ0n) is 33.1. The zero-order valence-corrected chi connectivity index (χ0v) is 33.1. The molecule has 3 saturated heterocycles. The van der Waals surface area contributed by atoms with Crippen LogP contribution in [0.3, 0.4) is 0 Å². The zero-order chi connectivity index (χ0) is 39.4. The fourth-order valence-electron chi connectivity index (χ4n) is 8.45. The van der Waals surface area contributed by atoms with E-state index in [1.165, 1.54) is 38.8 Å². The predicted molar refractivity (Wildman–Crippen MR) is 225 cm³/mol. The molecule has 0 saturated carbocycles. The highest BCUT2D eigenvalue weighted by atomic mass is 16.7. The molecule has 0 aliphatic carbocycles. The second-order valence-corrected chi connectivity index (χ2v) is 15.9. The number of carbonyl (C=O) groups is 2. The lowest BCUT2D eigenvalue weighted by Gasteiger charge is -2.39. The molecule has 0 spiro atoms. The highest BCUT2D eigenvalue weighted by molar-refractivity contribution is 5.93. The number of carbonyl (C=O) groups excluding carboxylic acids is 2. The molecule has 3 aliphatic rings. The van der Waals surface area contributed by atoms with Gasteiger partial charge in [-0.25, -0.2) is 0 Å². The van der Waals surface area contributed by atoms with Gasteiger partial charge in [-0.1, -0.05) is 85.3 Å². The SMILES string of the molecule is Nc1ccccc1NC(=O)CCCCCC(=O)NCc1cccc(-c2ccc([C@@H]3O[C@H](CN4CCC[C@H]4CN4CCCC4)C[C@H](c4ccc(CO)cc4)O3)cc2)c1. The van der Waals surface area contributed by atoms with Crippen molar-refractivity contribution in [2.75, 3.05) is 43.8 Å². The maximum Gasteiger partial charge on any atom is 0.224 e. The number of hydrogen-bond donors (Lipinski definition) is 4. The van der Waals surface area contributed by atoms with Crippen molar-refractivity contribution in [2.45, 2.75) is 102 Å². The van der Waals surface area contributed by atoms with E-state index in [9.17, 15) is 14.7 Å². The molecule has 5 N–H and O–H groups in total. The predicted octanol–water partition coefficient (Wildman–Crippen LogP) is 7.74. The van der Waals surface area contributed by atoms with Gasteiger partial charge in [0.05, 0.1) is 30.2 Å². The Hall–Kier alpha value is -4.58. The summed E-state index contributed by atoms with van der Waals surface area (Å²) >= 11 is 0. The highest BCUT2D eigenvalue weighted by Crippen LogP contribution is 2.39. The van der Waals surface area contributed by atoms with Crippen LogP contribution < -0.4 is 16.4 Å². The summed E-state index contributed by atoms with van der Waals surface area (Å²) in [4.78, 5) is 30.2. The van der Waals surface area contributed by atoms with Gasteiger partial charge >= 0.3 is 0 Å². The Bertz CT molecular complexity index is 1900. The Kier molecular flexibility index (Phi) is 14.4. The number of nitrogens with one attached hydrogen (secondary N) is 2. The summed E-state index contributed by atoms with van der Waals surface area (Å²) in [5.41, 5.74) is 13.3. The minimum atomic E-state index is -0.493. The first-order valence-electron chi connectivity index (χ1n) is 21.0. The highest BCUT2D eigenvalue weighted by Gasteiger charge is 2.36. The third-order valence-corrected chi connectivity index (χ3v) is 11.7. The fraction of sp³-hybridized carbons (Fsp3) is 0.447. The Morgan fingerprint density at radius 1 is 0.737 bits per heavy atom. The van der Waals surface area contributed by atoms with Crippen LogP contribution in [0.25, 0.3) is 11.1 Å². The van der Waals surface area contributed by atoms with E-state index in [0.717, 1.165) is 72.3 Å². The van der Waals surface area contributed by atoms with Gasteiger partial charge in [0.15, 0.2) is 6.29 Å². The first kappa shape index (κ1) is 40.6. The van der Waals surface area contributed by atoms with Gasteiger partial charge in [-0.3, -0.25) is 14.5 Å². The minimum absolute atomic E-state index is 0.00606. The number of aliphatic hydroxyl groups is 1. The van der Waals surface area contributed by atoms with Crippen LogP contribution >= 0.6 is 0 Å². The van der Waals surface area contributed by atoms with E-state index in [1.54, 1.807) is 12.1 Å². The van der Waals surface area contributed by atoms with Gasteiger partial charge in [-0.15, -0.1) is 0 Å². The van der Waals surface area contributed by atoms with Crippen molar-refractivity contribution in [1.82, 2.24) is 15.1 Å². The number of benzene rings is 4. The van der Waals surface area contributed by atoms with Crippen molar-refractivity contribution < 1.29 is 24.2 Å². The average Bonchev–Trinajstić information content (AvgIpc) is 3.93. The van der Waals surface area contributed by atoms with E-state index in [2.05, 4.69) is 69.0 Å². The van der Waals surface area contributed by atoms with Crippen molar-refractivity contribution in [1.29, 1.82) is 0 Å². The summed E-state index contributed by atoms with van der Waals surface area (Å²) in [7, 11) is 0. The lowest BCUT2D eigenvalue weighted by molar-refractivity contribution is -0.253. The van der Waals surface area contributed by atoms with Crippen molar-refractivity contribution in [3.8, 4) is 11.1 Å². The average molecular weight is 774 g/mol. The van der Waals surface area contributed by atoms with Crippen LogP contribution in [0.1, 0.15) is 98.9 Å². The van der Waals surface area contributed by atoms with E-state index in [0.29, 0.717) is 43.2 Å². The fourth-order valence-corrected chi connectivity index (χ4v) is 8.45. The van der Waals surface area contributed by atoms with Gasteiger partial charge in [0.1, 0.15) is 0 Å². The topological polar surface area (TPSA) is 129 Å². The largest absolute Gasteiger partial charge is 0.397 e. The van der Waals surface area contributed by atoms with E-state index < -0.39 is 6.29 Å². The van der Waals surface area contributed by atoms with Gasteiger partial charge in [0.25, 0.3) is 0 Å². The van der Waals surface area contributed by atoms with Crippen molar-refractivity contribution in [2.24, 2.45) is 0 Å². The van der Waals surface area contributed by atoms with Crippen LogP contribution in [-0.4, -0.2) is 71.6 Å². The number of anilines is 2. The smallest absolute Gasteiger partial charge is 0.224 e. The summed E-state index contributed by atoms with van der Waals surface area (Å²) in [5, 5.41) is 15.5. The van der Waals surface area contributed by atoms with E-state index in [4.69, 9.17) is 15.2 Å². The standard InChI is InChI=1S/C47H59N5O5/c48-42-13-4-5-14-43(42)50-46(55)16-3-1-2-15-45(54)49-30-35-10-8-11-39(28-35)36-21-23-38(24-22-36)47-56-41(29-44(57-47)37-19-17-34(33-53)18-20-37)32-52-27-9-12-40(52)31-51-25-6-7-26-51/h4-5,8,10-11,13-14,17-24,28,40-41,44,47,53H,1-3,6-7,9,12,15-16,25-27,29-33,48H2,(H,49,54)(H,50,55)/t40-,41-,44+,47+/m0/s1.